The van der Waals surface area contributed by atoms with Crippen LogP contribution in [0.15, 0.2) is 21.4 Å². The molecule has 0 bridgehead atoms. The van der Waals surface area contributed by atoms with Gasteiger partial charge in [-0.25, -0.2) is 4.98 Å². The molecule has 0 radical (unpaired) electrons. The number of fused-ring (bicyclic) bond motifs is 3. The summed E-state index contributed by atoms with van der Waals surface area (Å²) in [5, 5.41) is 0.773. The Balaban J connectivity index is 1.89. The van der Waals surface area contributed by atoms with Gasteiger partial charge < -0.3 is 14.5 Å². The maximum absolute atomic E-state index is 12.8. The number of rotatable bonds is 3. The lowest BCUT2D eigenvalue weighted by molar-refractivity contribution is 0.353. The van der Waals surface area contributed by atoms with Gasteiger partial charge in [0.25, 0.3) is 5.56 Å². The smallest absolute Gasteiger partial charge is 0.260 e. The van der Waals surface area contributed by atoms with Crippen molar-refractivity contribution in [3.05, 3.63) is 37.4 Å². The van der Waals surface area contributed by atoms with Crippen molar-refractivity contribution in [3.8, 4) is 22.9 Å². The van der Waals surface area contributed by atoms with Crippen molar-refractivity contribution < 1.29 is 9.47 Å². The number of aromatic amines is 1. The maximum atomic E-state index is 12.8. The molecule has 1 aliphatic rings. The molecule has 0 fully saturated rings. The van der Waals surface area contributed by atoms with Crippen LogP contribution < -0.4 is 15.0 Å². The summed E-state index contributed by atoms with van der Waals surface area (Å²) in [6.45, 7) is 0. The molecular formula is C19H19BrN2O3S. The van der Waals surface area contributed by atoms with Gasteiger partial charge in [0.1, 0.15) is 10.7 Å². The summed E-state index contributed by atoms with van der Waals surface area (Å²) < 4.78 is 11.5. The Bertz CT molecular complexity index is 1040. The molecular weight excluding hydrogens is 416 g/mol. The zero-order valence-electron chi connectivity index (χ0n) is 14.6. The van der Waals surface area contributed by atoms with Crippen LogP contribution in [-0.4, -0.2) is 24.2 Å². The van der Waals surface area contributed by atoms with Crippen LogP contribution in [0.4, 0.5) is 0 Å². The van der Waals surface area contributed by atoms with Crippen LogP contribution in [0.3, 0.4) is 0 Å². The van der Waals surface area contributed by atoms with E-state index in [0.29, 0.717) is 17.3 Å². The zero-order valence-corrected chi connectivity index (χ0v) is 17.1. The lowest BCUT2D eigenvalue weighted by Crippen LogP contribution is -2.10. The number of hydrogen-bond donors (Lipinski definition) is 1. The second kappa shape index (κ2) is 7.04. The largest absolute Gasteiger partial charge is 0.493 e. The molecule has 5 nitrogen and oxygen atoms in total. The van der Waals surface area contributed by atoms with Gasteiger partial charge in [0.15, 0.2) is 11.5 Å². The predicted octanol–water partition coefficient (Wildman–Crippen LogP) is 4.70. The van der Waals surface area contributed by atoms with Gasteiger partial charge in [-0.15, -0.1) is 11.3 Å². The van der Waals surface area contributed by atoms with E-state index in [1.807, 2.05) is 12.1 Å². The van der Waals surface area contributed by atoms with Crippen molar-refractivity contribution >= 4 is 37.5 Å². The molecule has 1 N–H and O–H groups in total. The Hall–Kier alpha value is -1.86. The van der Waals surface area contributed by atoms with E-state index in [1.54, 1.807) is 25.6 Å². The number of benzene rings is 1. The summed E-state index contributed by atoms with van der Waals surface area (Å²) in [6.07, 6.45) is 5.58. The summed E-state index contributed by atoms with van der Waals surface area (Å²) in [5.74, 6) is 1.74. The monoisotopic (exact) mass is 434 g/mol. The first-order chi connectivity index (χ1) is 12.6. The van der Waals surface area contributed by atoms with Crippen LogP contribution in [0.1, 0.15) is 29.7 Å². The third-order valence-corrected chi connectivity index (χ3v) is 6.56. The van der Waals surface area contributed by atoms with Crippen molar-refractivity contribution in [1.82, 2.24) is 9.97 Å². The van der Waals surface area contributed by atoms with Crippen molar-refractivity contribution in [2.24, 2.45) is 0 Å². The molecule has 4 rings (SSSR count). The Labute approximate surface area is 163 Å². The molecule has 0 amide bonds. The van der Waals surface area contributed by atoms with Gasteiger partial charge >= 0.3 is 0 Å². The van der Waals surface area contributed by atoms with E-state index in [-0.39, 0.29) is 5.56 Å². The van der Waals surface area contributed by atoms with E-state index in [1.165, 1.54) is 23.3 Å². The van der Waals surface area contributed by atoms with Crippen LogP contribution in [-0.2, 0) is 12.8 Å². The molecule has 1 aliphatic carbocycles. The number of thiophene rings is 1. The fraction of sp³-hybridized carbons (Fsp3) is 0.368. The molecule has 0 saturated carbocycles. The zero-order chi connectivity index (χ0) is 18.3. The number of aryl methyl sites for hydroxylation is 2. The number of aromatic nitrogens is 2. The fourth-order valence-electron chi connectivity index (χ4n) is 3.53. The highest BCUT2D eigenvalue weighted by atomic mass is 79.9. The van der Waals surface area contributed by atoms with Crippen molar-refractivity contribution in [3.63, 3.8) is 0 Å². The Morgan fingerprint density at radius 2 is 1.96 bits per heavy atom. The standard InChI is InChI=1S/C19H19BrN2O3S/c1-24-13-9-10(8-12(20)16(13)25-2)17-21-18(23)15-11-6-4-3-5-7-14(11)26-19(15)22-17/h8-9H,3-7H2,1-2H3,(H,21,22,23). The lowest BCUT2D eigenvalue weighted by Gasteiger charge is -2.11. The van der Waals surface area contributed by atoms with Crippen molar-refractivity contribution in [2.45, 2.75) is 32.1 Å². The minimum Gasteiger partial charge on any atom is -0.493 e. The third kappa shape index (κ3) is 2.93. The van der Waals surface area contributed by atoms with Crippen LogP contribution in [0.5, 0.6) is 11.5 Å². The van der Waals surface area contributed by atoms with E-state index in [0.717, 1.165) is 39.5 Å². The van der Waals surface area contributed by atoms with Crippen molar-refractivity contribution in [1.29, 1.82) is 0 Å². The second-order valence-corrected chi connectivity index (χ2v) is 8.29. The van der Waals surface area contributed by atoms with Gasteiger partial charge in [-0.05, 0) is 59.3 Å². The predicted molar refractivity (Wildman–Crippen MR) is 108 cm³/mol. The number of nitrogens with one attached hydrogen (secondary N) is 1. The molecule has 1 aromatic carbocycles. The summed E-state index contributed by atoms with van der Waals surface area (Å²) in [5.41, 5.74) is 1.92. The molecule has 0 unspecified atom stereocenters. The fourth-order valence-corrected chi connectivity index (χ4v) is 5.40. The average molecular weight is 435 g/mol. The van der Waals surface area contributed by atoms with Gasteiger partial charge in [0, 0.05) is 10.4 Å². The lowest BCUT2D eigenvalue weighted by atomic mass is 10.1. The quantitative estimate of drug-likeness (QED) is 0.606. The number of nitrogens with zero attached hydrogens (tertiary/aromatic N) is 1. The van der Waals surface area contributed by atoms with E-state index in [2.05, 4.69) is 20.9 Å². The van der Waals surface area contributed by atoms with E-state index in [4.69, 9.17) is 14.5 Å². The van der Waals surface area contributed by atoms with E-state index >= 15 is 0 Å². The van der Waals surface area contributed by atoms with E-state index in [9.17, 15) is 4.79 Å². The molecule has 0 atom stereocenters. The number of H-pyrrole nitrogens is 1. The Morgan fingerprint density at radius 1 is 1.15 bits per heavy atom. The Morgan fingerprint density at radius 3 is 2.73 bits per heavy atom. The Kier molecular flexibility index (Phi) is 4.75. The van der Waals surface area contributed by atoms with E-state index < -0.39 is 0 Å². The normalized spacial score (nSPS) is 14.1. The first-order valence-corrected chi connectivity index (χ1v) is 10.2. The first kappa shape index (κ1) is 17.5. The maximum Gasteiger partial charge on any atom is 0.260 e. The van der Waals surface area contributed by atoms with Gasteiger partial charge in [-0.3, -0.25) is 4.79 Å². The van der Waals surface area contributed by atoms with Crippen LogP contribution in [0, 0.1) is 0 Å². The van der Waals surface area contributed by atoms with Crippen LogP contribution >= 0.6 is 27.3 Å². The minimum atomic E-state index is -0.0599. The molecule has 0 saturated heterocycles. The number of hydrogen-bond acceptors (Lipinski definition) is 5. The molecule has 3 aromatic rings. The molecule has 136 valence electrons. The highest BCUT2D eigenvalue weighted by molar-refractivity contribution is 9.10. The van der Waals surface area contributed by atoms with Crippen molar-refractivity contribution in [2.75, 3.05) is 14.2 Å². The average Bonchev–Trinajstić information content (AvgIpc) is 2.83. The van der Waals surface area contributed by atoms with Gasteiger partial charge in [0.05, 0.1) is 24.1 Å². The summed E-state index contributed by atoms with van der Waals surface area (Å²) >= 11 is 5.16. The third-order valence-electron chi connectivity index (χ3n) is 4.78. The molecule has 7 heteroatoms. The minimum absolute atomic E-state index is 0.0599. The molecule has 0 spiro atoms. The van der Waals surface area contributed by atoms with Gasteiger partial charge in [-0.1, -0.05) is 6.42 Å². The summed E-state index contributed by atoms with van der Waals surface area (Å²) in [6, 6.07) is 3.70. The van der Waals surface area contributed by atoms with Gasteiger partial charge in [-0.2, -0.15) is 0 Å². The van der Waals surface area contributed by atoms with Crippen LogP contribution in [0.2, 0.25) is 0 Å². The molecule has 2 aromatic heterocycles. The molecule has 2 heterocycles. The highest BCUT2D eigenvalue weighted by Gasteiger charge is 2.20. The number of ether oxygens (including phenoxy) is 2. The summed E-state index contributed by atoms with van der Waals surface area (Å²) in [7, 11) is 3.18. The first-order valence-electron chi connectivity index (χ1n) is 8.59. The van der Waals surface area contributed by atoms with Crippen LogP contribution in [0.25, 0.3) is 21.6 Å². The van der Waals surface area contributed by atoms with Gasteiger partial charge in [0.2, 0.25) is 0 Å². The molecule has 0 aliphatic heterocycles. The number of halogens is 1. The summed E-state index contributed by atoms with van der Waals surface area (Å²) in [4.78, 5) is 22.7. The molecule has 26 heavy (non-hydrogen) atoms. The number of methoxy groups -OCH3 is 2. The SMILES string of the molecule is COc1cc(-c2nc3sc4c(c3c(=O)[nH]2)CCCCC4)cc(Br)c1OC. The second-order valence-electron chi connectivity index (χ2n) is 6.35. The highest BCUT2D eigenvalue weighted by Crippen LogP contribution is 2.39. The topological polar surface area (TPSA) is 64.2 Å².